The predicted molar refractivity (Wildman–Crippen MR) is 141 cm³/mol. The molecule has 0 spiro atoms. The fourth-order valence-electron chi connectivity index (χ4n) is 4.86. The summed E-state index contributed by atoms with van der Waals surface area (Å²) in [4.78, 5) is 27.2. The van der Waals surface area contributed by atoms with Crippen molar-refractivity contribution >= 4 is 28.3 Å². The number of benzene rings is 2. The number of aromatic amines is 1. The monoisotopic (exact) mass is 499 g/mol. The number of H-pyrrole nitrogens is 1. The van der Waals surface area contributed by atoms with E-state index in [9.17, 15) is 9.90 Å². The molecule has 2 saturated heterocycles. The lowest BCUT2D eigenvalue weighted by Gasteiger charge is -2.34. The van der Waals surface area contributed by atoms with Crippen molar-refractivity contribution in [3.63, 3.8) is 0 Å². The Balaban J connectivity index is 1.20. The number of amides is 1. The van der Waals surface area contributed by atoms with Crippen LogP contribution in [-0.2, 0) is 4.74 Å². The van der Waals surface area contributed by atoms with Gasteiger partial charge in [-0.1, -0.05) is 24.3 Å². The molecule has 6 rings (SSSR count). The van der Waals surface area contributed by atoms with Crippen LogP contribution in [0.4, 0.5) is 11.5 Å². The summed E-state index contributed by atoms with van der Waals surface area (Å²) in [7, 11) is 0. The summed E-state index contributed by atoms with van der Waals surface area (Å²) in [6.07, 6.45) is 1.73. The third-order valence-corrected chi connectivity index (χ3v) is 6.94. The number of hydrazine groups is 1. The van der Waals surface area contributed by atoms with Gasteiger partial charge in [0.05, 0.1) is 25.9 Å². The van der Waals surface area contributed by atoms with Gasteiger partial charge < -0.3 is 25.0 Å². The number of rotatable bonds is 6. The number of hydrogen-bond donors (Lipinski definition) is 5. The molecule has 2 aliphatic rings. The summed E-state index contributed by atoms with van der Waals surface area (Å²) in [6.45, 7) is 2.99. The van der Waals surface area contributed by atoms with E-state index in [-0.39, 0.29) is 18.6 Å². The highest BCUT2D eigenvalue weighted by atomic mass is 16.5. The van der Waals surface area contributed by atoms with E-state index >= 15 is 0 Å². The average molecular weight is 500 g/mol. The molecule has 2 aliphatic heterocycles. The van der Waals surface area contributed by atoms with E-state index in [2.05, 4.69) is 50.4 Å². The molecular formula is C27H29N7O3. The summed E-state index contributed by atoms with van der Waals surface area (Å²) in [5.41, 5.74) is 10.7. The maximum Gasteiger partial charge on any atom is 0.270 e. The Morgan fingerprint density at radius 3 is 2.76 bits per heavy atom. The summed E-state index contributed by atoms with van der Waals surface area (Å²) < 4.78 is 5.40. The topological polar surface area (TPSA) is 127 Å². The Hall–Kier alpha value is -3.83. The second-order valence-electron chi connectivity index (χ2n) is 9.37. The molecule has 2 aromatic carbocycles. The van der Waals surface area contributed by atoms with Gasteiger partial charge >= 0.3 is 0 Å². The van der Waals surface area contributed by atoms with Gasteiger partial charge in [0.2, 0.25) is 0 Å². The smallest absolute Gasteiger partial charge is 0.270 e. The number of carbonyl (C=O) groups is 1. The zero-order valence-corrected chi connectivity index (χ0v) is 20.3. The predicted octanol–water partition coefficient (Wildman–Crippen LogP) is 2.39. The SMILES string of the molecule is O=C(c1cc2ccc(-c3nccc(Nc4ccc(C5CNNC5)cc4)n3)cc2[nH]1)N1CCOC[C@H]1CO. The molecule has 0 aliphatic carbocycles. The van der Waals surface area contributed by atoms with Crippen molar-refractivity contribution in [3.8, 4) is 11.4 Å². The number of ether oxygens (including phenoxy) is 1. The van der Waals surface area contributed by atoms with Crippen molar-refractivity contribution in [3.05, 3.63) is 72.1 Å². The number of nitrogens with zero attached hydrogens (tertiary/aromatic N) is 3. The second-order valence-corrected chi connectivity index (χ2v) is 9.37. The van der Waals surface area contributed by atoms with Crippen molar-refractivity contribution in [1.29, 1.82) is 0 Å². The van der Waals surface area contributed by atoms with Crippen molar-refractivity contribution in [1.82, 2.24) is 30.7 Å². The quantitative estimate of drug-likeness (QED) is 0.274. The van der Waals surface area contributed by atoms with Crippen LogP contribution < -0.4 is 16.2 Å². The first-order chi connectivity index (χ1) is 18.2. The molecule has 0 radical (unpaired) electrons. The normalized spacial score (nSPS) is 18.4. The number of anilines is 2. The van der Waals surface area contributed by atoms with Gasteiger partial charge in [-0.25, -0.2) is 9.97 Å². The van der Waals surface area contributed by atoms with E-state index < -0.39 is 0 Å². The number of hydrogen-bond acceptors (Lipinski definition) is 8. The van der Waals surface area contributed by atoms with Gasteiger partial charge in [0.25, 0.3) is 5.91 Å². The van der Waals surface area contributed by atoms with Gasteiger partial charge in [-0.15, -0.1) is 0 Å². The summed E-state index contributed by atoms with van der Waals surface area (Å²) in [5, 5.41) is 13.9. The van der Waals surface area contributed by atoms with Crippen LogP contribution in [0.5, 0.6) is 0 Å². The van der Waals surface area contributed by atoms with Crippen LogP contribution in [0.15, 0.2) is 60.8 Å². The maximum atomic E-state index is 13.1. The molecule has 10 nitrogen and oxygen atoms in total. The lowest BCUT2D eigenvalue weighted by atomic mass is 10.0. The van der Waals surface area contributed by atoms with E-state index in [4.69, 9.17) is 9.72 Å². The first kappa shape index (κ1) is 23.6. The van der Waals surface area contributed by atoms with Crippen molar-refractivity contribution < 1.29 is 14.6 Å². The van der Waals surface area contributed by atoms with Crippen LogP contribution >= 0.6 is 0 Å². The molecule has 2 fully saturated rings. The van der Waals surface area contributed by atoms with Crippen LogP contribution in [0, 0.1) is 0 Å². The Kier molecular flexibility index (Phi) is 6.54. The van der Waals surface area contributed by atoms with E-state index in [1.807, 2.05) is 30.3 Å². The Labute approximate surface area is 214 Å². The molecule has 10 heteroatoms. The molecule has 0 unspecified atom stereocenters. The highest BCUT2D eigenvalue weighted by Crippen LogP contribution is 2.26. The molecule has 190 valence electrons. The summed E-state index contributed by atoms with van der Waals surface area (Å²) in [6, 6.07) is 17.6. The molecule has 0 bridgehead atoms. The summed E-state index contributed by atoms with van der Waals surface area (Å²) in [5.74, 6) is 1.62. The Morgan fingerprint density at radius 2 is 1.95 bits per heavy atom. The number of fused-ring (bicyclic) bond motifs is 1. The van der Waals surface area contributed by atoms with Gasteiger partial charge in [0.1, 0.15) is 11.5 Å². The molecule has 0 saturated carbocycles. The van der Waals surface area contributed by atoms with Crippen molar-refractivity contribution in [2.45, 2.75) is 12.0 Å². The molecule has 1 amide bonds. The van der Waals surface area contributed by atoms with Crippen LogP contribution in [-0.4, -0.2) is 76.4 Å². The van der Waals surface area contributed by atoms with Gasteiger partial charge in [-0.3, -0.25) is 15.6 Å². The fraction of sp³-hybridized carbons (Fsp3) is 0.296. The summed E-state index contributed by atoms with van der Waals surface area (Å²) >= 11 is 0. The third-order valence-electron chi connectivity index (χ3n) is 6.94. The van der Waals surface area contributed by atoms with Crippen LogP contribution in [0.3, 0.4) is 0 Å². The third kappa shape index (κ3) is 4.92. The first-order valence-corrected chi connectivity index (χ1v) is 12.5. The highest BCUT2D eigenvalue weighted by molar-refractivity contribution is 5.99. The number of aromatic nitrogens is 3. The zero-order valence-electron chi connectivity index (χ0n) is 20.3. The van der Waals surface area contributed by atoms with Crippen molar-refractivity contribution in [2.24, 2.45) is 0 Å². The molecule has 4 aromatic rings. The molecule has 4 heterocycles. The van der Waals surface area contributed by atoms with Gasteiger partial charge in [0, 0.05) is 53.9 Å². The van der Waals surface area contributed by atoms with Crippen molar-refractivity contribution in [2.75, 3.05) is 44.8 Å². The Morgan fingerprint density at radius 1 is 1.11 bits per heavy atom. The lowest BCUT2D eigenvalue weighted by Crippen LogP contribution is -2.50. The zero-order chi connectivity index (χ0) is 25.2. The number of carbonyl (C=O) groups excluding carboxylic acids is 1. The van der Waals surface area contributed by atoms with Gasteiger partial charge in [0.15, 0.2) is 5.82 Å². The maximum absolute atomic E-state index is 13.1. The van der Waals surface area contributed by atoms with Gasteiger partial charge in [-0.05, 0) is 35.9 Å². The van der Waals surface area contributed by atoms with E-state index in [0.29, 0.717) is 43.0 Å². The minimum atomic E-state index is -0.334. The largest absolute Gasteiger partial charge is 0.394 e. The number of morpholine rings is 1. The van der Waals surface area contributed by atoms with Gasteiger partial charge in [-0.2, -0.15) is 0 Å². The first-order valence-electron chi connectivity index (χ1n) is 12.5. The van der Waals surface area contributed by atoms with Crippen LogP contribution in [0.25, 0.3) is 22.3 Å². The minimum absolute atomic E-state index is 0.128. The molecule has 37 heavy (non-hydrogen) atoms. The van der Waals surface area contributed by atoms with E-state index in [1.54, 1.807) is 11.1 Å². The molecular weight excluding hydrogens is 470 g/mol. The van der Waals surface area contributed by atoms with Crippen LogP contribution in [0.1, 0.15) is 22.0 Å². The average Bonchev–Trinajstić information content (AvgIpc) is 3.63. The highest BCUT2D eigenvalue weighted by Gasteiger charge is 2.28. The standard InChI is InChI=1S/C27H29N7O3/c35-15-22-16-37-10-9-34(22)27(36)24-11-18-1-2-19(12-23(18)32-24)26-28-8-7-25(33-26)31-21-5-3-17(4-6-21)20-13-29-30-14-20/h1-8,11-12,20,22,29-30,32,35H,9-10,13-16H2,(H,28,31,33)/t22-/m1/s1. The molecule has 5 N–H and O–H groups in total. The molecule has 2 aromatic heterocycles. The van der Waals surface area contributed by atoms with E-state index in [0.717, 1.165) is 35.2 Å². The fourth-order valence-corrected chi connectivity index (χ4v) is 4.86. The Bertz CT molecular complexity index is 1400. The second kappa shape index (κ2) is 10.3. The van der Waals surface area contributed by atoms with Crippen LogP contribution in [0.2, 0.25) is 0 Å². The number of nitrogens with one attached hydrogen (secondary N) is 4. The van der Waals surface area contributed by atoms with E-state index in [1.165, 1.54) is 5.56 Å². The lowest BCUT2D eigenvalue weighted by molar-refractivity contribution is -0.0186. The minimum Gasteiger partial charge on any atom is -0.394 e. The molecule has 1 atom stereocenters. The number of aliphatic hydroxyl groups is 1. The number of aliphatic hydroxyl groups excluding tert-OH is 1.